The molecule has 0 bridgehead atoms. The number of benzene rings is 2. The van der Waals surface area contributed by atoms with Crippen LogP contribution in [0.25, 0.3) is 0 Å². The van der Waals surface area contributed by atoms with Crippen LogP contribution in [0.15, 0.2) is 60.4 Å². The average molecular weight is 414 g/mol. The third-order valence-electron chi connectivity index (χ3n) is 5.13. The first-order valence-electron chi connectivity index (χ1n) is 9.86. The van der Waals surface area contributed by atoms with Gasteiger partial charge >= 0.3 is 0 Å². The van der Waals surface area contributed by atoms with E-state index in [2.05, 4.69) is 5.32 Å². The van der Waals surface area contributed by atoms with Gasteiger partial charge in [0.05, 0.1) is 13.2 Å². The topological polar surface area (TPSA) is 67.8 Å². The molecular weight excluding hydrogens is 390 g/mol. The van der Waals surface area contributed by atoms with E-state index in [0.717, 1.165) is 29.5 Å². The minimum atomic E-state index is -0.529. The Morgan fingerprint density at radius 1 is 1.10 bits per heavy atom. The molecule has 5 nitrogen and oxygen atoms in total. The van der Waals surface area contributed by atoms with Crippen LogP contribution in [0.1, 0.15) is 41.9 Å². The maximum Gasteiger partial charge on any atom is 0.286 e. The maximum atomic E-state index is 12.6. The van der Waals surface area contributed by atoms with Crippen molar-refractivity contribution in [3.05, 3.63) is 82.1 Å². The molecule has 29 heavy (non-hydrogen) atoms. The van der Waals surface area contributed by atoms with Crippen LogP contribution in [0.2, 0.25) is 5.02 Å². The highest BCUT2D eigenvalue weighted by molar-refractivity contribution is 6.30. The fourth-order valence-electron chi connectivity index (χ4n) is 3.27. The predicted molar refractivity (Wildman–Crippen MR) is 110 cm³/mol. The lowest BCUT2D eigenvalue weighted by atomic mass is 9.93. The van der Waals surface area contributed by atoms with Crippen LogP contribution in [0.4, 0.5) is 0 Å². The van der Waals surface area contributed by atoms with E-state index in [4.69, 9.17) is 26.2 Å². The third-order valence-corrected chi connectivity index (χ3v) is 5.39. The Kier molecular flexibility index (Phi) is 6.19. The molecule has 2 N–H and O–H groups in total. The number of allylic oxidation sites excluding steroid dienone is 1. The van der Waals surface area contributed by atoms with Gasteiger partial charge in [0.25, 0.3) is 5.91 Å². The summed E-state index contributed by atoms with van der Waals surface area (Å²) < 4.78 is 11.9. The number of carbonyl (C=O) groups excluding carboxylic acids is 1. The van der Waals surface area contributed by atoms with Crippen molar-refractivity contribution in [3.8, 4) is 0 Å². The molecule has 152 valence electrons. The van der Waals surface area contributed by atoms with E-state index < -0.39 is 6.29 Å². The number of ether oxygens (including phenoxy) is 2. The molecule has 6 heteroatoms. The van der Waals surface area contributed by atoms with Crippen LogP contribution in [0.3, 0.4) is 0 Å². The van der Waals surface area contributed by atoms with Crippen LogP contribution >= 0.6 is 11.6 Å². The molecule has 1 aliphatic carbocycles. The summed E-state index contributed by atoms with van der Waals surface area (Å²) in [6.07, 6.45) is 3.98. The molecule has 2 atom stereocenters. The van der Waals surface area contributed by atoms with Gasteiger partial charge in [-0.25, -0.2) is 0 Å². The van der Waals surface area contributed by atoms with Crippen molar-refractivity contribution < 1.29 is 19.4 Å². The minimum absolute atomic E-state index is 0.00253. The molecule has 0 saturated heterocycles. The van der Waals surface area contributed by atoms with E-state index in [0.29, 0.717) is 23.8 Å². The first kappa shape index (κ1) is 20.0. The summed E-state index contributed by atoms with van der Waals surface area (Å²) in [5.74, 6) is 0.124. The van der Waals surface area contributed by atoms with Gasteiger partial charge in [-0.2, -0.15) is 0 Å². The Morgan fingerprint density at radius 2 is 1.79 bits per heavy atom. The second-order valence-electron chi connectivity index (χ2n) is 7.51. The van der Waals surface area contributed by atoms with Crippen molar-refractivity contribution in [2.75, 3.05) is 0 Å². The van der Waals surface area contributed by atoms with Crippen molar-refractivity contribution in [2.24, 2.45) is 0 Å². The quantitative estimate of drug-likeness (QED) is 0.718. The number of aliphatic hydroxyl groups is 1. The number of hydrogen-bond acceptors (Lipinski definition) is 4. The van der Waals surface area contributed by atoms with E-state index in [1.807, 2.05) is 54.6 Å². The van der Waals surface area contributed by atoms with Crippen LogP contribution in [-0.2, 0) is 27.5 Å². The Balaban J connectivity index is 1.47. The Morgan fingerprint density at radius 3 is 2.45 bits per heavy atom. The lowest BCUT2D eigenvalue weighted by Gasteiger charge is -2.29. The number of aliphatic hydroxyl groups excluding tert-OH is 1. The first-order chi connectivity index (χ1) is 14.1. The van der Waals surface area contributed by atoms with Crippen molar-refractivity contribution in [3.63, 3.8) is 0 Å². The monoisotopic (exact) mass is 413 g/mol. The highest BCUT2D eigenvalue weighted by Gasteiger charge is 2.31. The molecule has 2 aromatic carbocycles. The van der Waals surface area contributed by atoms with Gasteiger partial charge in [0.2, 0.25) is 6.29 Å². The standard InChI is InChI=1S/C23H24ClNO4/c24-19-7-5-17(6-8-19)18-11-21(23(27)25-20-9-10-20)29-22(12-18)28-14-16-3-1-15(13-26)2-4-16/h1-8,11,18,20,22,26H,9-10,12-14H2,(H,25,27)/t18-,22+/m1/s1. The second kappa shape index (κ2) is 8.99. The SMILES string of the molecule is O=C(NC1CC1)C1=C[C@@H](c2ccc(Cl)cc2)C[C@@H](OCc2ccc(CO)cc2)O1. The summed E-state index contributed by atoms with van der Waals surface area (Å²) >= 11 is 6.02. The van der Waals surface area contributed by atoms with E-state index in [1.165, 1.54) is 0 Å². The number of hydrogen-bond donors (Lipinski definition) is 2. The van der Waals surface area contributed by atoms with Crippen molar-refractivity contribution in [2.45, 2.75) is 50.7 Å². The normalized spacial score (nSPS) is 21.2. The van der Waals surface area contributed by atoms with E-state index in [-0.39, 0.29) is 24.5 Å². The Labute approximate surface area is 175 Å². The number of amides is 1. The van der Waals surface area contributed by atoms with E-state index >= 15 is 0 Å². The lowest BCUT2D eigenvalue weighted by molar-refractivity contribution is -0.150. The first-order valence-corrected chi connectivity index (χ1v) is 10.2. The highest BCUT2D eigenvalue weighted by atomic mass is 35.5. The zero-order valence-electron chi connectivity index (χ0n) is 16.0. The largest absolute Gasteiger partial charge is 0.459 e. The molecule has 0 spiro atoms. The van der Waals surface area contributed by atoms with Crippen molar-refractivity contribution in [1.82, 2.24) is 5.32 Å². The van der Waals surface area contributed by atoms with Crippen molar-refractivity contribution >= 4 is 17.5 Å². The molecule has 0 aromatic heterocycles. The summed E-state index contributed by atoms with van der Waals surface area (Å²) in [5, 5.41) is 12.8. The van der Waals surface area contributed by atoms with Gasteiger partial charge in [0.1, 0.15) is 0 Å². The van der Waals surface area contributed by atoms with Gasteiger partial charge in [-0.15, -0.1) is 0 Å². The molecule has 1 saturated carbocycles. The van der Waals surface area contributed by atoms with Crippen molar-refractivity contribution in [1.29, 1.82) is 0 Å². The average Bonchev–Trinajstić information content (AvgIpc) is 3.57. The van der Waals surface area contributed by atoms with Crippen LogP contribution in [0, 0.1) is 0 Å². The fourth-order valence-corrected chi connectivity index (χ4v) is 3.40. The summed E-state index contributed by atoms with van der Waals surface area (Å²) in [4.78, 5) is 12.6. The minimum Gasteiger partial charge on any atom is -0.459 e. The molecule has 0 radical (unpaired) electrons. The summed E-state index contributed by atoms with van der Waals surface area (Å²) in [5.41, 5.74) is 2.90. The second-order valence-corrected chi connectivity index (χ2v) is 7.94. The Hall–Kier alpha value is -2.34. The zero-order chi connectivity index (χ0) is 20.2. The smallest absolute Gasteiger partial charge is 0.286 e. The van der Waals surface area contributed by atoms with Crippen LogP contribution < -0.4 is 5.32 Å². The van der Waals surface area contributed by atoms with E-state index in [1.54, 1.807) is 0 Å². The highest BCUT2D eigenvalue weighted by Crippen LogP contribution is 2.33. The predicted octanol–water partition coefficient (Wildman–Crippen LogP) is 4.04. The molecular formula is C23H24ClNO4. The van der Waals surface area contributed by atoms with Gasteiger partial charge < -0.3 is 19.9 Å². The van der Waals surface area contributed by atoms with Gasteiger partial charge in [-0.3, -0.25) is 4.79 Å². The lowest BCUT2D eigenvalue weighted by Crippen LogP contribution is -2.33. The molecule has 2 aromatic rings. The molecule has 4 rings (SSSR count). The fraction of sp³-hybridized carbons (Fsp3) is 0.348. The van der Waals surface area contributed by atoms with Gasteiger partial charge in [0.15, 0.2) is 5.76 Å². The zero-order valence-corrected chi connectivity index (χ0v) is 16.8. The van der Waals surface area contributed by atoms with Gasteiger partial charge in [-0.05, 0) is 47.7 Å². The molecule has 2 aliphatic rings. The third kappa shape index (κ3) is 5.38. The number of halogens is 1. The maximum absolute atomic E-state index is 12.6. The summed E-state index contributed by atoms with van der Waals surface area (Å²) in [6.45, 7) is 0.376. The number of carbonyl (C=O) groups is 1. The summed E-state index contributed by atoms with van der Waals surface area (Å²) in [7, 11) is 0. The van der Waals surface area contributed by atoms with Gasteiger partial charge in [-0.1, -0.05) is 48.0 Å². The van der Waals surface area contributed by atoms with E-state index in [9.17, 15) is 4.79 Å². The molecule has 1 fully saturated rings. The molecule has 1 heterocycles. The molecule has 1 aliphatic heterocycles. The Bertz CT molecular complexity index is 875. The van der Waals surface area contributed by atoms with Crippen LogP contribution in [-0.4, -0.2) is 23.3 Å². The number of rotatable bonds is 7. The number of nitrogens with one attached hydrogen (secondary N) is 1. The van der Waals surface area contributed by atoms with Gasteiger partial charge in [0, 0.05) is 23.4 Å². The summed E-state index contributed by atoms with van der Waals surface area (Å²) in [6, 6.07) is 15.5. The molecule has 1 amide bonds. The van der Waals surface area contributed by atoms with Crippen LogP contribution in [0.5, 0.6) is 0 Å². The molecule has 0 unspecified atom stereocenters.